The molecule has 19 heavy (non-hydrogen) atoms. The predicted molar refractivity (Wildman–Crippen MR) is 79.1 cm³/mol. The van der Waals surface area contributed by atoms with E-state index in [1.54, 1.807) is 11.8 Å². The summed E-state index contributed by atoms with van der Waals surface area (Å²) in [6.45, 7) is 2.20. The van der Waals surface area contributed by atoms with Gasteiger partial charge in [-0.25, -0.2) is 0 Å². The van der Waals surface area contributed by atoms with Crippen molar-refractivity contribution in [2.75, 3.05) is 31.2 Å². The average molecular weight is 276 g/mol. The van der Waals surface area contributed by atoms with Crippen LogP contribution in [0.5, 0.6) is 0 Å². The quantitative estimate of drug-likeness (QED) is 0.809. The highest BCUT2D eigenvalue weighted by Gasteiger charge is 2.25. The minimum atomic E-state index is 0.144. The maximum Gasteiger partial charge on any atom is 0.0808 e. The zero-order chi connectivity index (χ0) is 13.5. The molecular weight excluding hydrogens is 256 g/mol. The van der Waals surface area contributed by atoms with Gasteiger partial charge in [-0.15, -0.1) is 11.8 Å². The van der Waals surface area contributed by atoms with Crippen molar-refractivity contribution in [1.29, 1.82) is 5.26 Å². The molecule has 4 heteroatoms. The zero-order valence-electron chi connectivity index (χ0n) is 11.1. The second kappa shape index (κ2) is 7.54. The van der Waals surface area contributed by atoms with E-state index in [0.717, 1.165) is 31.7 Å². The Morgan fingerprint density at radius 2 is 2.26 bits per heavy atom. The molecule has 1 heterocycles. The van der Waals surface area contributed by atoms with Crippen LogP contribution in [0.25, 0.3) is 0 Å². The first-order chi connectivity index (χ1) is 9.36. The summed E-state index contributed by atoms with van der Waals surface area (Å²) in [5, 5.41) is 18.1. The number of nitriles is 1. The van der Waals surface area contributed by atoms with Crippen LogP contribution < -0.4 is 0 Å². The van der Waals surface area contributed by atoms with E-state index in [2.05, 4.69) is 29.2 Å². The van der Waals surface area contributed by atoms with Crippen molar-refractivity contribution in [3.63, 3.8) is 0 Å². The van der Waals surface area contributed by atoms with Crippen molar-refractivity contribution in [1.82, 2.24) is 4.90 Å². The highest BCUT2D eigenvalue weighted by atomic mass is 32.2. The molecule has 102 valence electrons. The van der Waals surface area contributed by atoms with Crippen LogP contribution in [0.2, 0.25) is 0 Å². The van der Waals surface area contributed by atoms with Crippen molar-refractivity contribution in [3.8, 4) is 6.07 Å². The van der Waals surface area contributed by atoms with Crippen LogP contribution in [0.3, 0.4) is 0 Å². The van der Waals surface area contributed by atoms with Crippen molar-refractivity contribution >= 4 is 11.8 Å². The van der Waals surface area contributed by atoms with Gasteiger partial charge in [0.05, 0.1) is 24.5 Å². The molecule has 1 unspecified atom stereocenters. The van der Waals surface area contributed by atoms with E-state index in [1.807, 2.05) is 6.07 Å². The third-order valence-electron chi connectivity index (χ3n) is 3.60. The lowest BCUT2D eigenvalue weighted by molar-refractivity contribution is 0.115. The van der Waals surface area contributed by atoms with E-state index < -0.39 is 0 Å². The molecular formula is C15H20N2OS. The van der Waals surface area contributed by atoms with Crippen LogP contribution in [0.15, 0.2) is 24.3 Å². The van der Waals surface area contributed by atoms with Crippen molar-refractivity contribution in [2.24, 2.45) is 0 Å². The van der Waals surface area contributed by atoms with Gasteiger partial charge in [0.15, 0.2) is 0 Å². The highest BCUT2D eigenvalue weighted by molar-refractivity contribution is 7.99. The predicted octanol–water partition coefficient (Wildman–Crippen LogP) is 2.22. The number of benzene rings is 1. The smallest absolute Gasteiger partial charge is 0.0808 e. The molecule has 3 nitrogen and oxygen atoms in total. The summed E-state index contributed by atoms with van der Waals surface area (Å²) >= 11 is 1.69. The summed E-state index contributed by atoms with van der Waals surface area (Å²) in [6.07, 6.45) is 2.14. The first kappa shape index (κ1) is 14.4. The number of hydrogen-bond acceptors (Lipinski definition) is 4. The molecule has 0 fully saturated rings. The van der Waals surface area contributed by atoms with Crippen LogP contribution in [-0.4, -0.2) is 41.2 Å². The fraction of sp³-hybridized carbons (Fsp3) is 0.533. The minimum absolute atomic E-state index is 0.144. The summed E-state index contributed by atoms with van der Waals surface area (Å²) in [5.41, 5.74) is 2.65. The van der Waals surface area contributed by atoms with Gasteiger partial charge >= 0.3 is 0 Å². The summed E-state index contributed by atoms with van der Waals surface area (Å²) in [7, 11) is 0. The summed E-state index contributed by atoms with van der Waals surface area (Å²) < 4.78 is 0. The SMILES string of the molecule is N#CCSCCCN1CCc2ccccc2C1CO. The van der Waals surface area contributed by atoms with E-state index in [1.165, 1.54) is 11.1 Å². The molecule has 0 saturated heterocycles. The molecule has 0 aromatic heterocycles. The van der Waals surface area contributed by atoms with Gasteiger partial charge in [-0.3, -0.25) is 4.90 Å². The molecule has 1 aliphatic heterocycles. The number of aliphatic hydroxyl groups excluding tert-OH is 1. The lowest BCUT2D eigenvalue weighted by atomic mass is 9.93. The van der Waals surface area contributed by atoms with Gasteiger partial charge in [-0.05, 0) is 36.3 Å². The van der Waals surface area contributed by atoms with Gasteiger partial charge < -0.3 is 5.11 Å². The number of fused-ring (bicyclic) bond motifs is 1. The third-order valence-corrected chi connectivity index (χ3v) is 4.51. The highest BCUT2D eigenvalue weighted by Crippen LogP contribution is 2.29. The Labute approximate surface area is 119 Å². The Hall–Kier alpha value is -1.02. The van der Waals surface area contributed by atoms with Gasteiger partial charge in [0.1, 0.15) is 0 Å². The number of aliphatic hydroxyl groups is 1. The number of hydrogen-bond donors (Lipinski definition) is 1. The first-order valence-corrected chi connectivity index (χ1v) is 7.89. The van der Waals surface area contributed by atoms with Gasteiger partial charge in [0, 0.05) is 6.54 Å². The third kappa shape index (κ3) is 3.73. The van der Waals surface area contributed by atoms with Crippen LogP contribution in [-0.2, 0) is 6.42 Å². The Morgan fingerprint density at radius 3 is 3.05 bits per heavy atom. The van der Waals surface area contributed by atoms with Crippen LogP contribution in [0, 0.1) is 11.3 Å². The molecule has 2 rings (SSSR count). The van der Waals surface area contributed by atoms with Gasteiger partial charge in [0.2, 0.25) is 0 Å². The topological polar surface area (TPSA) is 47.3 Å². The lowest BCUT2D eigenvalue weighted by Crippen LogP contribution is -2.38. The fourth-order valence-corrected chi connectivity index (χ4v) is 3.24. The van der Waals surface area contributed by atoms with Crippen LogP contribution in [0.4, 0.5) is 0 Å². The maximum atomic E-state index is 9.66. The molecule has 1 aromatic carbocycles. The lowest BCUT2D eigenvalue weighted by Gasteiger charge is -2.36. The average Bonchev–Trinajstić information content (AvgIpc) is 2.46. The molecule has 0 amide bonds. The van der Waals surface area contributed by atoms with Gasteiger partial charge in [0.25, 0.3) is 0 Å². The monoisotopic (exact) mass is 276 g/mol. The summed E-state index contributed by atoms with van der Waals surface area (Å²) in [5.74, 6) is 1.59. The second-order valence-corrected chi connectivity index (χ2v) is 5.85. The standard InChI is InChI=1S/C15H20N2OS/c16-7-11-19-10-3-8-17-9-6-13-4-1-2-5-14(13)15(17)12-18/h1-2,4-5,15,18H,3,6,8-12H2. The second-order valence-electron chi connectivity index (χ2n) is 4.75. The van der Waals surface area contributed by atoms with Crippen molar-refractivity contribution < 1.29 is 5.11 Å². The van der Waals surface area contributed by atoms with Gasteiger partial charge in [-0.2, -0.15) is 5.26 Å². The minimum Gasteiger partial charge on any atom is -0.394 e. The largest absolute Gasteiger partial charge is 0.394 e. The molecule has 1 aliphatic rings. The molecule has 0 bridgehead atoms. The van der Waals surface area contributed by atoms with E-state index >= 15 is 0 Å². The molecule has 0 aliphatic carbocycles. The van der Waals surface area contributed by atoms with Crippen LogP contribution in [0.1, 0.15) is 23.6 Å². The molecule has 1 N–H and O–H groups in total. The van der Waals surface area contributed by atoms with E-state index in [4.69, 9.17) is 5.26 Å². The molecule has 0 saturated carbocycles. The normalized spacial score (nSPS) is 18.8. The Bertz CT molecular complexity index is 444. The summed E-state index contributed by atoms with van der Waals surface area (Å²) in [4.78, 5) is 2.37. The zero-order valence-corrected chi connectivity index (χ0v) is 11.9. The van der Waals surface area contributed by atoms with Crippen molar-refractivity contribution in [3.05, 3.63) is 35.4 Å². The van der Waals surface area contributed by atoms with E-state index in [0.29, 0.717) is 5.75 Å². The Balaban J connectivity index is 1.91. The maximum absolute atomic E-state index is 9.66. The van der Waals surface area contributed by atoms with E-state index in [9.17, 15) is 5.11 Å². The Morgan fingerprint density at radius 1 is 1.42 bits per heavy atom. The Kier molecular flexibility index (Phi) is 5.71. The molecule has 1 aromatic rings. The van der Waals surface area contributed by atoms with Gasteiger partial charge in [-0.1, -0.05) is 24.3 Å². The number of rotatable bonds is 6. The fourth-order valence-electron chi connectivity index (χ4n) is 2.67. The van der Waals surface area contributed by atoms with Crippen LogP contribution >= 0.6 is 11.8 Å². The first-order valence-electron chi connectivity index (χ1n) is 6.74. The van der Waals surface area contributed by atoms with Crippen molar-refractivity contribution in [2.45, 2.75) is 18.9 Å². The summed E-state index contributed by atoms with van der Waals surface area (Å²) in [6, 6.07) is 10.7. The number of nitrogens with zero attached hydrogens (tertiary/aromatic N) is 2. The van der Waals surface area contributed by atoms with E-state index in [-0.39, 0.29) is 12.6 Å². The number of thioether (sulfide) groups is 1. The molecule has 1 atom stereocenters. The molecule has 0 radical (unpaired) electrons. The molecule has 0 spiro atoms.